The molecule has 0 saturated carbocycles. The highest BCUT2D eigenvalue weighted by molar-refractivity contribution is 5.86. The predicted octanol–water partition coefficient (Wildman–Crippen LogP) is 2.46. The van der Waals surface area contributed by atoms with Crippen LogP contribution in [0.3, 0.4) is 0 Å². The lowest BCUT2D eigenvalue weighted by Crippen LogP contribution is -2.32. The molecule has 2 heterocycles. The fourth-order valence-electron chi connectivity index (χ4n) is 3.30. The van der Waals surface area contributed by atoms with Crippen LogP contribution >= 0.6 is 0 Å². The fraction of sp³-hybridized carbons (Fsp3) is 0.556. The maximum absolute atomic E-state index is 12.2. The Hall–Kier alpha value is -1.88. The molecule has 1 atom stereocenters. The van der Waals surface area contributed by atoms with E-state index in [0.717, 1.165) is 37.1 Å². The van der Waals surface area contributed by atoms with Gasteiger partial charge in [0.15, 0.2) is 5.58 Å². The van der Waals surface area contributed by atoms with Gasteiger partial charge in [-0.1, -0.05) is 31.1 Å². The van der Waals surface area contributed by atoms with Gasteiger partial charge in [-0.05, 0) is 36.9 Å². The summed E-state index contributed by atoms with van der Waals surface area (Å²) < 4.78 is 5.24. The lowest BCUT2D eigenvalue weighted by molar-refractivity contribution is -0.120. The fourth-order valence-corrected chi connectivity index (χ4v) is 3.30. The van der Waals surface area contributed by atoms with E-state index < -0.39 is 0 Å². The van der Waals surface area contributed by atoms with Gasteiger partial charge in [0.1, 0.15) is 5.69 Å². The van der Waals surface area contributed by atoms with Crippen LogP contribution in [-0.4, -0.2) is 42.1 Å². The maximum Gasteiger partial charge on any atom is 0.226 e. The molecule has 5 heteroatoms. The van der Waals surface area contributed by atoms with E-state index >= 15 is 0 Å². The second-order valence-corrected chi connectivity index (χ2v) is 6.91. The number of amides is 1. The van der Waals surface area contributed by atoms with Gasteiger partial charge in [-0.25, -0.2) is 0 Å². The number of rotatable bonds is 6. The van der Waals surface area contributed by atoms with Gasteiger partial charge >= 0.3 is 0 Å². The average Bonchev–Trinajstić information content (AvgIpc) is 3.12. The van der Waals surface area contributed by atoms with E-state index in [1.165, 1.54) is 6.42 Å². The van der Waals surface area contributed by atoms with Crippen molar-refractivity contribution in [3.05, 3.63) is 30.0 Å². The molecular weight excluding hydrogens is 290 g/mol. The first-order valence-electron chi connectivity index (χ1n) is 8.44. The minimum absolute atomic E-state index is 0.0198. The molecular formula is C18H25N3O2. The van der Waals surface area contributed by atoms with Gasteiger partial charge in [-0.15, -0.1) is 0 Å². The summed E-state index contributed by atoms with van der Waals surface area (Å²) in [5, 5.41) is 7.99. The van der Waals surface area contributed by atoms with Gasteiger partial charge in [0.2, 0.25) is 5.91 Å². The number of para-hydroxylation sites is 1. The number of carbonyl (C=O) groups excluding carboxylic acids is 1. The summed E-state index contributed by atoms with van der Waals surface area (Å²) in [6.07, 6.45) is 1.44. The number of aromatic nitrogens is 1. The van der Waals surface area contributed by atoms with Crippen molar-refractivity contribution in [3.63, 3.8) is 0 Å². The second-order valence-electron chi connectivity index (χ2n) is 6.91. The van der Waals surface area contributed by atoms with Crippen LogP contribution in [0.4, 0.5) is 0 Å². The van der Waals surface area contributed by atoms with E-state index in [9.17, 15) is 4.79 Å². The largest absolute Gasteiger partial charge is 0.356 e. The van der Waals surface area contributed by atoms with Crippen LogP contribution in [-0.2, 0) is 11.2 Å². The molecule has 1 aromatic heterocycles. The van der Waals surface area contributed by atoms with E-state index in [4.69, 9.17) is 4.52 Å². The molecule has 1 saturated heterocycles. The minimum Gasteiger partial charge on any atom is -0.356 e. The summed E-state index contributed by atoms with van der Waals surface area (Å²) in [7, 11) is 0. The quantitative estimate of drug-likeness (QED) is 0.889. The number of nitrogens with zero attached hydrogens (tertiary/aromatic N) is 2. The number of hydrogen-bond donors (Lipinski definition) is 1. The number of carbonyl (C=O) groups is 1. The number of nitrogens with one attached hydrogen (secondary N) is 1. The molecule has 0 bridgehead atoms. The molecule has 0 radical (unpaired) electrons. The Morgan fingerprint density at radius 3 is 3.09 bits per heavy atom. The van der Waals surface area contributed by atoms with Crippen molar-refractivity contribution in [2.45, 2.75) is 26.7 Å². The summed E-state index contributed by atoms with van der Waals surface area (Å²) in [6.45, 7) is 8.63. The lowest BCUT2D eigenvalue weighted by Gasteiger charge is -2.18. The van der Waals surface area contributed by atoms with Gasteiger partial charge in [-0.2, -0.15) is 0 Å². The highest BCUT2D eigenvalue weighted by Gasteiger charge is 2.23. The van der Waals surface area contributed by atoms with Crippen LogP contribution in [0.2, 0.25) is 0 Å². The summed E-state index contributed by atoms with van der Waals surface area (Å²) in [4.78, 5) is 14.7. The number of hydrogen-bond acceptors (Lipinski definition) is 4. The van der Waals surface area contributed by atoms with Crippen molar-refractivity contribution in [2.75, 3.05) is 26.2 Å². The summed E-state index contributed by atoms with van der Waals surface area (Å²) in [5.41, 5.74) is 1.45. The van der Waals surface area contributed by atoms with Crippen LogP contribution in [0.15, 0.2) is 28.8 Å². The molecule has 1 aromatic carbocycles. The molecule has 3 rings (SSSR count). The van der Waals surface area contributed by atoms with E-state index in [2.05, 4.69) is 29.2 Å². The molecule has 23 heavy (non-hydrogen) atoms. The number of likely N-dealkylation sites (tertiary alicyclic amines) is 1. The van der Waals surface area contributed by atoms with Crippen molar-refractivity contribution in [3.8, 4) is 0 Å². The zero-order valence-corrected chi connectivity index (χ0v) is 13.9. The van der Waals surface area contributed by atoms with Crippen LogP contribution < -0.4 is 5.32 Å². The normalized spacial score (nSPS) is 18.8. The third-order valence-electron chi connectivity index (χ3n) is 4.36. The van der Waals surface area contributed by atoms with Crippen LogP contribution in [0.5, 0.6) is 0 Å². The Morgan fingerprint density at radius 1 is 1.43 bits per heavy atom. The molecule has 5 nitrogen and oxygen atoms in total. The first kappa shape index (κ1) is 16.0. The Balaban J connectivity index is 1.47. The van der Waals surface area contributed by atoms with E-state index in [1.54, 1.807) is 0 Å². The van der Waals surface area contributed by atoms with Crippen molar-refractivity contribution in [1.82, 2.24) is 15.4 Å². The molecule has 1 amide bonds. The molecule has 1 aliphatic heterocycles. The molecule has 1 fully saturated rings. The van der Waals surface area contributed by atoms with Gasteiger partial charge in [-0.3, -0.25) is 4.79 Å². The molecule has 1 aliphatic rings. The third-order valence-corrected chi connectivity index (χ3v) is 4.36. The smallest absolute Gasteiger partial charge is 0.226 e. The van der Waals surface area contributed by atoms with Crippen LogP contribution in [0.1, 0.15) is 26.0 Å². The Kier molecular flexibility index (Phi) is 4.96. The zero-order valence-electron chi connectivity index (χ0n) is 13.9. The Bertz CT molecular complexity index is 665. The van der Waals surface area contributed by atoms with E-state index in [-0.39, 0.29) is 12.3 Å². The van der Waals surface area contributed by atoms with Crippen molar-refractivity contribution >= 4 is 16.9 Å². The van der Waals surface area contributed by atoms with Crippen LogP contribution in [0.25, 0.3) is 11.0 Å². The van der Waals surface area contributed by atoms with Gasteiger partial charge in [0, 0.05) is 25.0 Å². The molecule has 0 spiro atoms. The predicted molar refractivity (Wildman–Crippen MR) is 90.1 cm³/mol. The zero-order chi connectivity index (χ0) is 16.2. The summed E-state index contributed by atoms with van der Waals surface area (Å²) in [6, 6.07) is 7.64. The highest BCUT2D eigenvalue weighted by Crippen LogP contribution is 2.19. The SMILES string of the molecule is CC(C)CN1CC[C@H](CNC(=O)Cc2noc3ccccc23)C1. The average molecular weight is 315 g/mol. The second kappa shape index (κ2) is 7.13. The number of fused-ring (bicyclic) bond motifs is 1. The monoisotopic (exact) mass is 315 g/mol. The Labute approximate surface area is 137 Å². The van der Waals surface area contributed by atoms with Gasteiger partial charge in [0.25, 0.3) is 0 Å². The van der Waals surface area contributed by atoms with Crippen molar-refractivity contribution in [2.24, 2.45) is 11.8 Å². The van der Waals surface area contributed by atoms with Crippen molar-refractivity contribution in [1.29, 1.82) is 0 Å². The van der Waals surface area contributed by atoms with Gasteiger partial charge < -0.3 is 14.7 Å². The molecule has 0 aliphatic carbocycles. The summed E-state index contributed by atoms with van der Waals surface area (Å²) >= 11 is 0. The van der Waals surface area contributed by atoms with Gasteiger partial charge in [0.05, 0.1) is 6.42 Å². The molecule has 2 aromatic rings. The first-order chi connectivity index (χ1) is 11.1. The Morgan fingerprint density at radius 2 is 2.26 bits per heavy atom. The highest BCUT2D eigenvalue weighted by atomic mass is 16.5. The van der Waals surface area contributed by atoms with E-state index in [0.29, 0.717) is 17.5 Å². The minimum atomic E-state index is 0.0198. The molecule has 124 valence electrons. The van der Waals surface area contributed by atoms with E-state index in [1.807, 2.05) is 24.3 Å². The van der Waals surface area contributed by atoms with Crippen molar-refractivity contribution < 1.29 is 9.32 Å². The molecule has 0 unspecified atom stereocenters. The number of benzene rings is 1. The third kappa shape index (κ3) is 4.10. The first-order valence-corrected chi connectivity index (χ1v) is 8.44. The standard InChI is InChI=1S/C18H25N3O2/c1-13(2)11-21-8-7-14(12-21)10-19-18(22)9-16-15-5-3-4-6-17(15)23-20-16/h3-6,13-14H,7-12H2,1-2H3,(H,19,22)/t14-/m1/s1. The summed E-state index contributed by atoms with van der Waals surface area (Å²) in [5.74, 6) is 1.28. The molecule has 1 N–H and O–H groups in total. The lowest BCUT2D eigenvalue weighted by atomic mass is 10.1. The maximum atomic E-state index is 12.2. The topological polar surface area (TPSA) is 58.4 Å². The van der Waals surface area contributed by atoms with Crippen LogP contribution in [0, 0.1) is 11.8 Å².